The zero-order valence-electron chi connectivity index (χ0n) is 13.1. The van der Waals surface area contributed by atoms with Crippen molar-refractivity contribution < 1.29 is 14.7 Å². The number of fused-ring (bicyclic) bond motifs is 1. The van der Waals surface area contributed by atoms with Crippen LogP contribution in [0.25, 0.3) is 4.96 Å². The Hall–Kier alpha value is -2.22. The second-order valence-electron chi connectivity index (χ2n) is 6.18. The standard InChI is InChI=1S/C15H17N3O4S/c1-8-9(2)23-14-16-6-10(12(20)18(8)14)11(19)17-5-4-15(3,7-17)13(21)22/h6H,4-5,7H2,1-3H3,(H,21,22). The number of nitrogens with zero attached hydrogens (tertiary/aromatic N) is 3. The van der Waals surface area contributed by atoms with E-state index in [0.29, 0.717) is 17.9 Å². The van der Waals surface area contributed by atoms with Gasteiger partial charge in [0.25, 0.3) is 11.5 Å². The van der Waals surface area contributed by atoms with Crippen molar-refractivity contribution in [2.75, 3.05) is 13.1 Å². The highest BCUT2D eigenvalue weighted by Crippen LogP contribution is 2.30. The summed E-state index contributed by atoms with van der Waals surface area (Å²) in [5.41, 5.74) is -0.601. The van der Waals surface area contributed by atoms with Crippen LogP contribution in [0.5, 0.6) is 0 Å². The Morgan fingerprint density at radius 3 is 2.70 bits per heavy atom. The van der Waals surface area contributed by atoms with Gasteiger partial charge in [-0.2, -0.15) is 0 Å². The number of aliphatic carboxylic acids is 1. The molecule has 8 heteroatoms. The van der Waals surface area contributed by atoms with Crippen molar-refractivity contribution in [2.24, 2.45) is 5.41 Å². The molecule has 0 aromatic carbocycles. The number of carboxylic acids is 1. The summed E-state index contributed by atoms with van der Waals surface area (Å²) in [6, 6.07) is 0. The first-order chi connectivity index (χ1) is 10.7. The fraction of sp³-hybridized carbons (Fsp3) is 0.467. The molecule has 0 radical (unpaired) electrons. The topological polar surface area (TPSA) is 92.0 Å². The van der Waals surface area contributed by atoms with E-state index in [1.807, 2.05) is 13.8 Å². The number of aromatic nitrogens is 2. The number of thiazole rings is 1. The molecule has 0 saturated carbocycles. The quantitative estimate of drug-likeness (QED) is 0.893. The summed E-state index contributed by atoms with van der Waals surface area (Å²) in [4.78, 5) is 43.7. The van der Waals surface area contributed by atoms with E-state index in [0.717, 1.165) is 10.6 Å². The molecule has 1 atom stereocenters. The van der Waals surface area contributed by atoms with Crippen LogP contribution in [0.2, 0.25) is 0 Å². The molecule has 3 rings (SSSR count). The molecule has 2 aromatic rings. The van der Waals surface area contributed by atoms with Gasteiger partial charge in [-0.1, -0.05) is 0 Å². The normalized spacial score (nSPS) is 21.1. The van der Waals surface area contributed by atoms with E-state index in [1.165, 1.54) is 26.8 Å². The van der Waals surface area contributed by atoms with Crippen LogP contribution in [0.4, 0.5) is 0 Å². The van der Waals surface area contributed by atoms with Crippen LogP contribution >= 0.6 is 11.3 Å². The number of rotatable bonds is 2. The maximum atomic E-state index is 12.6. The lowest BCUT2D eigenvalue weighted by Gasteiger charge is -2.19. The summed E-state index contributed by atoms with van der Waals surface area (Å²) in [6.07, 6.45) is 1.67. The Labute approximate surface area is 136 Å². The van der Waals surface area contributed by atoms with Crippen LogP contribution in [-0.2, 0) is 4.79 Å². The summed E-state index contributed by atoms with van der Waals surface area (Å²) in [5, 5.41) is 9.26. The molecular weight excluding hydrogens is 318 g/mol. The molecule has 1 saturated heterocycles. The Morgan fingerprint density at radius 1 is 1.39 bits per heavy atom. The third-order valence-corrected chi connectivity index (χ3v) is 5.60. The monoisotopic (exact) mass is 335 g/mol. The minimum atomic E-state index is -0.960. The molecule has 0 bridgehead atoms. The summed E-state index contributed by atoms with van der Waals surface area (Å²) in [6.45, 7) is 5.75. The van der Waals surface area contributed by atoms with Gasteiger partial charge < -0.3 is 10.0 Å². The molecule has 0 aliphatic carbocycles. The van der Waals surface area contributed by atoms with E-state index < -0.39 is 22.9 Å². The lowest BCUT2D eigenvalue weighted by molar-refractivity contribution is -0.147. The second kappa shape index (κ2) is 5.16. The summed E-state index contributed by atoms with van der Waals surface area (Å²) < 4.78 is 1.44. The number of hydrogen-bond donors (Lipinski definition) is 1. The molecule has 122 valence electrons. The summed E-state index contributed by atoms with van der Waals surface area (Å²) >= 11 is 1.40. The number of amides is 1. The SMILES string of the molecule is Cc1sc2ncc(C(=O)N3CCC(C)(C(=O)O)C3)c(=O)n2c1C. The minimum Gasteiger partial charge on any atom is -0.481 e. The van der Waals surface area contributed by atoms with Gasteiger partial charge in [-0.3, -0.25) is 18.8 Å². The van der Waals surface area contributed by atoms with Gasteiger partial charge in [0, 0.05) is 29.9 Å². The van der Waals surface area contributed by atoms with Gasteiger partial charge in [0.2, 0.25) is 0 Å². The number of likely N-dealkylation sites (tertiary alicyclic amines) is 1. The Morgan fingerprint density at radius 2 is 2.09 bits per heavy atom. The van der Waals surface area contributed by atoms with Gasteiger partial charge in [0.05, 0.1) is 5.41 Å². The van der Waals surface area contributed by atoms with Crippen LogP contribution in [0, 0.1) is 19.3 Å². The zero-order chi connectivity index (χ0) is 16.9. The van der Waals surface area contributed by atoms with Gasteiger partial charge in [-0.15, -0.1) is 11.3 Å². The van der Waals surface area contributed by atoms with Crippen molar-refractivity contribution in [1.82, 2.24) is 14.3 Å². The van der Waals surface area contributed by atoms with E-state index in [-0.39, 0.29) is 12.1 Å². The summed E-state index contributed by atoms with van der Waals surface area (Å²) in [7, 11) is 0. The highest BCUT2D eigenvalue weighted by Gasteiger charge is 2.42. The van der Waals surface area contributed by atoms with Crippen LogP contribution in [0.3, 0.4) is 0 Å². The number of carbonyl (C=O) groups excluding carboxylic acids is 1. The van der Waals surface area contributed by atoms with E-state index >= 15 is 0 Å². The predicted octanol–water partition coefficient (Wildman–Crippen LogP) is 1.31. The first-order valence-electron chi connectivity index (χ1n) is 7.25. The molecule has 1 amide bonds. The Bertz CT molecular complexity index is 885. The Kier molecular flexibility index (Phi) is 3.51. The molecule has 7 nitrogen and oxygen atoms in total. The fourth-order valence-electron chi connectivity index (χ4n) is 2.80. The molecular formula is C15H17N3O4S. The molecule has 0 spiro atoms. The fourth-order valence-corrected chi connectivity index (χ4v) is 3.73. The number of carboxylic acid groups (broad SMARTS) is 1. The van der Waals surface area contributed by atoms with Gasteiger partial charge in [0.1, 0.15) is 5.56 Å². The smallest absolute Gasteiger partial charge is 0.311 e. The second-order valence-corrected chi connectivity index (χ2v) is 7.36. The van der Waals surface area contributed by atoms with E-state index in [2.05, 4.69) is 4.98 Å². The zero-order valence-corrected chi connectivity index (χ0v) is 13.9. The molecule has 3 heterocycles. The van der Waals surface area contributed by atoms with Crippen molar-refractivity contribution in [3.05, 3.63) is 32.7 Å². The number of carbonyl (C=O) groups is 2. The molecule has 1 aliphatic heterocycles. The maximum Gasteiger partial charge on any atom is 0.311 e. The number of hydrogen-bond acceptors (Lipinski definition) is 5. The van der Waals surface area contributed by atoms with Crippen molar-refractivity contribution in [3.63, 3.8) is 0 Å². The van der Waals surface area contributed by atoms with Crippen LogP contribution in [0.15, 0.2) is 11.0 Å². The first kappa shape index (κ1) is 15.7. The van der Waals surface area contributed by atoms with E-state index in [9.17, 15) is 19.5 Å². The number of aryl methyl sites for hydroxylation is 2. The van der Waals surface area contributed by atoms with E-state index in [4.69, 9.17) is 0 Å². The van der Waals surface area contributed by atoms with Gasteiger partial charge in [-0.05, 0) is 27.2 Å². The van der Waals surface area contributed by atoms with Gasteiger partial charge >= 0.3 is 5.97 Å². The summed E-state index contributed by atoms with van der Waals surface area (Å²) in [5.74, 6) is -1.38. The maximum absolute atomic E-state index is 12.6. The Balaban J connectivity index is 2.00. The first-order valence-corrected chi connectivity index (χ1v) is 8.07. The van der Waals surface area contributed by atoms with Crippen LogP contribution in [0.1, 0.15) is 34.3 Å². The average molecular weight is 335 g/mol. The molecule has 1 unspecified atom stereocenters. The third kappa shape index (κ3) is 2.33. The molecule has 1 N–H and O–H groups in total. The predicted molar refractivity (Wildman–Crippen MR) is 85.1 cm³/mol. The molecule has 2 aromatic heterocycles. The van der Waals surface area contributed by atoms with Crippen LogP contribution in [-0.4, -0.2) is 44.4 Å². The van der Waals surface area contributed by atoms with Crippen molar-refractivity contribution >= 4 is 28.2 Å². The highest BCUT2D eigenvalue weighted by atomic mass is 32.1. The highest BCUT2D eigenvalue weighted by molar-refractivity contribution is 7.17. The molecule has 1 aliphatic rings. The average Bonchev–Trinajstić information content (AvgIpc) is 3.02. The lowest BCUT2D eigenvalue weighted by Crippen LogP contribution is -2.37. The minimum absolute atomic E-state index is 0.0157. The van der Waals surface area contributed by atoms with Crippen LogP contribution < -0.4 is 5.56 Å². The van der Waals surface area contributed by atoms with E-state index in [1.54, 1.807) is 6.92 Å². The van der Waals surface area contributed by atoms with Crippen molar-refractivity contribution in [2.45, 2.75) is 27.2 Å². The van der Waals surface area contributed by atoms with Gasteiger partial charge in [-0.25, -0.2) is 4.98 Å². The van der Waals surface area contributed by atoms with Crippen molar-refractivity contribution in [3.8, 4) is 0 Å². The largest absolute Gasteiger partial charge is 0.481 e. The molecule has 23 heavy (non-hydrogen) atoms. The van der Waals surface area contributed by atoms with Gasteiger partial charge in [0.15, 0.2) is 4.96 Å². The lowest BCUT2D eigenvalue weighted by atomic mass is 9.90. The van der Waals surface area contributed by atoms with Crippen molar-refractivity contribution in [1.29, 1.82) is 0 Å². The third-order valence-electron chi connectivity index (χ3n) is 4.53. The molecule has 1 fully saturated rings.